The number of carbonyl (C=O) groups excluding carboxylic acids is 2. The third-order valence-electron chi connectivity index (χ3n) is 3.06. The van der Waals surface area contributed by atoms with Gasteiger partial charge in [-0.25, -0.2) is 9.78 Å². The number of nitrogens with one attached hydrogen (secondary N) is 1. The van der Waals surface area contributed by atoms with Crippen LogP contribution in [0.1, 0.15) is 28.9 Å². The second-order valence-corrected chi connectivity index (χ2v) is 5.78. The van der Waals surface area contributed by atoms with Gasteiger partial charge in [0, 0.05) is 13.1 Å². The molecule has 1 aliphatic rings. The number of piperidine rings is 1. The van der Waals surface area contributed by atoms with E-state index in [0.717, 1.165) is 37.3 Å². The molecule has 1 amide bonds. The van der Waals surface area contributed by atoms with E-state index < -0.39 is 5.97 Å². The molecule has 0 radical (unpaired) electrons. The van der Waals surface area contributed by atoms with Gasteiger partial charge in [-0.1, -0.05) is 22.9 Å². The molecule has 0 aromatic carbocycles. The van der Waals surface area contributed by atoms with Gasteiger partial charge in [0.2, 0.25) is 5.91 Å². The molecular weight excluding hydrogens is 302 g/mol. The highest BCUT2D eigenvalue weighted by atomic mass is 35.5. The van der Waals surface area contributed by atoms with Gasteiger partial charge in [-0.3, -0.25) is 4.79 Å². The smallest absolute Gasteiger partial charge is 0.351 e. The van der Waals surface area contributed by atoms with Crippen molar-refractivity contribution in [2.45, 2.75) is 19.3 Å². The maximum atomic E-state index is 12.0. The van der Waals surface area contributed by atoms with Crippen LogP contribution in [0.2, 0.25) is 5.15 Å². The number of methoxy groups -OCH3 is 1. The standard InChI is InChI=1S/C12H16ClN3O3S/c1-19-11(18)9-10(13)15-12(20-9)14-7-8(17)16-5-3-2-4-6-16/h2-7H2,1H3,(H,14,15). The molecule has 0 unspecified atom stereocenters. The number of hydrogen-bond acceptors (Lipinski definition) is 6. The van der Waals surface area contributed by atoms with Gasteiger partial charge >= 0.3 is 5.97 Å². The first kappa shape index (κ1) is 15.1. The lowest BCUT2D eigenvalue weighted by molar-refractivity contribution is -0.130. The molecule has 1 aliphatic heterocycles. The zero-order chi connectivity index (χ0) is 14.5. The molecule has 1 aromatic rings. The first-order valence-corrected chi connectivity index (χ1v) is 7.57. The summed E-state index contributed by atoms with van der Waals surface area (Å²) in [6.07, 6.45) is 3.30. The van der Waals surface area contributed by atoms with E-state index >= 15 is 0 Å². The summed E-state index contributed by atoms with van der Waals surface area (Å²) in [4.78, 5) is 29.4. The van der Waals surface area contributed by atoms with Crippen LogP contribution in [-0.2, 0) is 9.53 Å². The SMILES string of the molecule is COC(=O)c1sc(NCC(=O)N2CCCCC2)nc1Cl. The number of amides is 1. The van der Waals surface area contributed by atoms with Gasteiger partial charge in [0.25, 0.3) is 0 Å². The highest BCUT2D eigenvalue weighted by Crippen LogP contribution is 2.27. The highest BCUT2D eigenvalue weighted by molar-refractivity contribution is 7.18. The molecule has 20 heavy (non-hydrogen) atoms. The first-order valence-electron chi connectivity index (χ1n) is 6.38. The normalized spacial score (nSPS) is 15.0. The molecule has 1 saturated heterocycles. The minimum absolute atomic E-state index is 0.0376. The monoisotopic (exact) mass is 317 g/mol. The summed E-state index contributed by atoms with van der Waals surface area (Å²) < 4.78 is 4.60. The van der Waals surface area contributed by atoms with Gasteiger partial charge in [-0.2, -0.15) is 0 Å². The van der Waals surface area contributed by atoms with Crippen LogP contribution in [0.5, 0.6) is 0 Å². The molecule has 0 spiro atoms. The average molecular weight is 318 g/mol. The minimum atomic E-state index is -0.525. The molecule has 2 heterocycles. The van der Waals surface area contributed by atoms with Crippen molar-refractivity contribution in [1.29, 1.82) is 0 Å². The largest absolute Gasteiger partial charge is 0.465 e. The third kappa shape index (κ3) is 3.61. The van der Waals surface area contributed by atoms with E-state index in [4.69, 9.17) is 11.6 Å². The van der Waals surface area contributed by atoms with Crippen molar-refractivity contribution in [3.63, 3.8) is 0 Å². The van der Waals surface area contributed by atoms with E-state index in [2.05, 4.69) is 15.0 Å². The molecule has 0 atom stereocenters. The fourth-order valence-corrected chi connectivity index (χ4v) is 3.10. The maximum Gasteiger partial charge on any atom is 0.351 e. The molecule has 1 N–H and O–H groups in total. The Labute approximate surface area is 126 Å². The van der Waals surface area contributed by atoms with Crippen molar-refractivity contribution in [3.8, 4) is 0 Å². The Morgan fingerprint density at radius 1 is 1.40 bits per heavy atom. The van der Waals surface area contributed by atoms with E-state index in [0.29, 0.717) is 5.13 Å². The van der Waals surface area contributed by atoms with E-state index in [-0.39, 0.29) is 22.5 Å². The number of carbonyl (C=O) groups is 2. The maximum absolute atomic E-state index is 12.0. The number of likely N-dealkylation sites (tertiary alicyclic amines) is 1. The van der Waals surface area contributed by atoms with Gasteiger partial charge < -0.3 is 15.0 Å². The van der Waals surface area contributed by atoms with Crippen LogP contribution in [0, 0.1) is 0 Å². The Morgan fingerprint density at radius 2 is 2.10 bits per heavy atom. The van der Waals surface area contributed by atoms with E-state index in [1.165, 1.54) is 13.5 Å². The van der Waals surface area contributed by atoms with E-state index in [1.54, 1.807) is 0 Å². The van der Waals surface area contributed by atoms with Gasteiger partial charge in [0.15, 0.2) is 15.2 Å². The summed E-state index contributed by atoms with van der Waals surface area (Å²) in [6.45, 7) is 1.78. The average Bonchev–Trinajstić information content (AvgIpc) is 2.86. The van der Waals surface area contributed by atoms with E-state index in [1.807, 2.05) is 4.90 Å². The lowest BCUT2D eigenvalue weighted by Gasteiger charge is -2.26. The number of halogens is 1. The number of aromatic nitrogens is 1. The van der Waals surface area contributed by atoms with E-state index in [9.17, 15) is 9.59 Å². The summed E-state index contributed by atoms with van der Waals surface area (Å²) >= 11 is 6.93. The minimum Gasteiger partial charge on any atom is -0.465 e. The number of thiazole rings is 1. The fraction of sp³-hybridized carbons (Fsp3) is 0.583. The lowest BCUT2D eigenvalue weighted by atomic mass is 10.1. The topological polar surface area (TPSA) is 71.5 Å². The number of anilines is 1. The van der Waals surface area contributed by atoms with Crippen LogP contribution in [0.15, 0.2) is 0 Å². The summed E-state index contributed by atoms with van der Waals surface area (Å²) in [5, 5.41) is 3.44. The number of ether oxygens (including phenoxy) is 1. The molecule has 0 aliphatic carbocycles. The van der Waals surface area contributed by atoms with Crippen LogP contribution in [0.4, 0.5) is 5.13 Å². The van der Waals surface area contributed by atoms with Gasteiger partial charge in [0.05, 0.1) is 13.7 Å². The zero-order valence-corrected chi connectivity index (χ0v) is 12.7. The fourth-order valence-electron chi connectivity index (χ4n) is 2.00. The highest BCUT2D eigenvalue weighted by Gasteiger charge is 2.19. The second-order valence-electron chi connectivity index (χ2n) is 4.43. The second kappa shape index (κ2) is 6.90. The summed E-state index contributed by atoms with van der Waals surface area (Å²) in [5.74, 6) is -0.487. The van der Waals surface area contributed by atoms with Crippen molar-refractivity contribution in [1.82, 2.24) is 9.88 Å². The van der Waals surface area contributed by atoms with Gasteiger partial charge in [-0.15, -0.1) is 0 Å². The molecule has 6 nitrogen and oxygen atoms in total. The molecule has 0 bridgehead atoms. The molecule has 2 rings (SSSR count). The van der Waals surface area contributed by atoms with Crippen LogP contribution >= 0.6 is 22.9 Å². The lowest BCUT2D eigenvalue weighted by Crippen LogP contribution is -2.39. The number of nitrogens with zero attached hydrogens (tertiary/aromatic N) is 2. The Balaban J connectivity index is 1.90. The van der Waals surface area contributed by atoms with Crippen molar-refractivity contribution in [2.75, 3.05) is 32.1 Å². The quantitative estimate of drug-likeness (QED) is 0.860. The molecule has 1 aromatic heterocycles. The number of esters is 1. The van der Waals surface area contributed by atoms with Gasteiger partial charge in [0.1, 0.15) is 0 Å². The van der Waals surface area contributed by atoms with Crippen LogP contribution in [0.3, 0.4) is 0 Å². The summed E-state index contributed by atoms with van der Waals surface area (Å²) in [5.41, 5.74) is 0. The molecule has 0 saturated carbocycles. The molecule has 110 valence electrons. The predicted molar refractivity (Wildman–Crippen MR) is 77.4 cm³/mol. The Bertz CT molecular complexity index is 500. The van der Waals surface area contributed by atoms with Crippen LogP contribution < -0.4 is 5.32 Å². The number of hydrogen-bond donors (Lipinski definition) is 1. The first-order chi connectivity index (χ1) is 9.61. The summed E-state index contributed by atoms with van der Waals surface area (Å²) in [7, 11) is 1.28. The van der Waals surface area contributed by atoms with Crippen molar-refractivity contribution >= 4 is 39.9 Å². The molecule has 1 fully saturated rings. The van der Waals surface area contributed by atoms with Gasteiger partial charge in [-0.05, 0) is 19.3 Å². The Morgan fingerprint density at radius 3 is 2.75 bits per heavy atom. The molecular formula is C12H16ClN3O3S. The van der Waals surface area contributed by atoms with Crippen molar-refractivity contribution in [3.05, 3.63) is 10.0 Å². The van der Waals surface area contributed by atoms with Crippen LogP contribution in [-0.4, -0.2) is 48.5 Å². The molecule has 8 heteroatoms. The third-order valence-corrected chi connectivity index (χ3v) is 4.43. The zero-order valence-electron chi connectivity index (χ0n) is 11.1. The predicted octanol–water partition coefficient (Wildman–Crippen LogP) is 2.01. The Kier molecular flexibility index (Phi) is 5.19. The van der Waals surface area contributed by atoms with Crippen LogP contribution in [0.25, 0.3) is 0 Å². The number of rotatable bonds is 4. The summed E-state index contributed by atoms with van der Waals surface area (Å²) in [6, 6.07) is 0. The van der Waals surface area contributed by atoms with Crippen molar-refractivity contribution < 1.29 is 14.3 Å². The Hall–Kier alpha value is -1.34. The van der Waals surface area contributed by atoms with Crippen molar-refractivity contribution in [2.24, 2.45) is 0 Å².